The second kappa shape index (κ2) is 31.2. The van der Waals surface area contributed by atoms with E-state index in [-0.39, 0.29) is 32.5 Å². The summed E-state index contributed by atoms with van der Waals surface area (Å²) >= 11 is 8.69. The van der Waals surface area contributed by atoms with Crippen LogP contribution in [0.5, 0.6) is 0 Å². The molecule has 0 unspecified atom stereocenters. The standard InChI is InChI=1S/3C9H13N.2C8H12S.3C7H11NS/c1-9(2,3)8-4-6-10-7-5-8;1-9(2,3)8-5-4-6-10-7-8;1-9(2,3)8-6-4-5-7-10-8;1-8(2,3)7-4-5-9-6-7;1-8(2,3)7-5-4-6-9-7;1-7(2,3)6-4-9-5-8-6;1-7(2,3)6-4-8-5-9-6;1-7(2,3)6-8-4-5-9-6/h3*4-7H,1-3H3;2*4-6H,1-3H3;3*4-5H,1-3H3. The molecule has 0 radical (unpaired) electrons. The third-order valence-corrected chi connectivity index (χ3v) is 15.6. The van der Waals surface area contributed by atoms with Crippen LogP contribution in [0.1, 0.15) is 209 Å². The van der Waals surface area contributed by atoms with Crippen molar-refractivity contribution in [2.24, 2.45) is 0 Å². The number of hydrogen-bond donors (Lipinski definition) is 0. The van der Waals surface area contributed by atoms with Crippen molar-refractivity contribution in [3.8, 4) is 0 Å². The van der Waals surface area contributed by atoms with Gasteiger partial charge in [0, 0.05) is 85.8 Å². The first-order chi connectivity index (χ1) is 34.3. The zero-order chi connectivity index (χ0) is 57.4. The van der Waals surface area contributed by atoms with Gasteiger partial charge in [0.1, 0.15) is 0 Å². The molecule has 8 rings (SSSR count). The van der Waals surface area contributed by atoms with E-state index in [1.165, 1.54) is 37.1 Å². The second-order valence-corrected chi connectivity index (χ2v) is 30.5. The molecule has 412 valence electrons. The molecule has 0 N–H and O–H groups in total. The summed E-state index contributed by atoms with van der Waals surface area (Å²) in [7, 11) is 0. The third kappa shape index (κ3) is 30.3. The van der Waals surface area contributed by atoms with Crippen LogP contribution in [0.15, 0.2) is 142 Å². The minimum Gasteiger partial charge on any atom is -0.265 e. The highest BCUT2D eigenvalue weighted by molar-refractivity contribution is 7.10. The van der Waals surface area contributed by atoms with Crippen LogP contribution in [0, 0.1) is 0 Å². The predicted molar refractivity (Wildman–Crippen MR) is 337 cm³/mol. The van der Waals surface area contributed by atoms with Crippen LogP contribution >= 0.6 is 56.7 Å². The fourth-order valence-electron chi connectivity index (χ4n) is 5.62. The van der Waals surface area contributed by atoms with E-state index >= 15 is 0 Å². The van der Waals surface area contributed by atoms with Gasteiger partial charge in [0.15, 0.2) is 0 Å². The van der Waals surface area contributed by atoms with E-state index in [2.05, 4.69) is 260 Å². The Morgan fingerprint density at radius 2 is 0.907 bits per heavy atom. The molecule has 0 aliphatic rings. The lowest BCUT2D eigenvalue weighted by molar-refractivity contribution is 0.569. The molecular weight excluding hydrogens is 1010 g/mol. The van der Waals surface area contributed by atoms with Crippen molar-refractivity contribution in [2.45, 2.75) is 209 Å². The highest BCUT2D eigenvalue weighted by Crippen LogP contribution is 2.28. The zero-order valence-electron chi connectivity index (χ0n) is 50.6. The van der Waals surface area contributed by atoms with Crippen molar-refractivity contribution in [3.63, 3.8) is 0 Å². The fourth-order valence-corrected chi connectivity index (χ4v) is 9.54. The van der Waals surface area contributed by atoms with E-state index in [4.69, 9.17) is 0 Å². The number of nitrogens with zero attached hydrogens (tertiary/aromatic N) is 6. The molecule has 0 saturated heterocycles. The van der Waals surface area contributed by atoms with Gasteiger partial charge in [-0.15, -0.1) is 45.3 Å². The quantitative estimate of drug-likeness (QED) is 0.151. The van der Waals surface area contributed by atoms with E-state index in [1.807, 2.05) is 83.1 Å². The summed E-state index contributed by atoms with van der Waals surface area (Å²) in [5.41, 5.74) is 12.2. The Hall–Kier alpha value is -4.26. The molecule has 0 bridgehead atoms. The van der Waals surface area contributed by atoms with Crippen LogP contribution in [0.2, 0.25) is 0 Å². The molecule has 8 aromatic heterocycles. The summed E-state index contributed by atoms with van der Waals surface area (Å²) < 4.78 is 0. The maximum Gasteiger partial charge on any atom is 0.0978 e. The average molecular weight is 1110 g/mol. The average Bonchev–Trinajstić information content (AvgIpc) is 4.16. The molecular formula is C64H96N6S5. The van der Waals surface area contributed by atoms with Gasteiger partial charge >= 0.3 is 0 Å². The topological polar surface area (TPSA) is 77.3 Å². The molecule has 0 aliphatic carbocycles. The first-order valence-electron chi connectivity index (χ1n) is 25.8. The molecule has 0 atom stereocenters. The number of hydrogen-bond acceptors (Lipinski definition) is 11. The van der Waals surface area contributed by atoms with Gasteiger partial charge < -0.3 is 0 Å². The number of pyridine rings is 3. The van der Waals surface area contributed by atoms with Crippen LogP contribution in [0.3, 0.4) is 0 Å². The largest absolute Gasteiger partial charge is 0.265 e. The van der Waals surface area contributed by atoms with Gasteiger partial charge in [-0.2, -0.15) is 11.3 Å². The molecule has 75 heavy (non-hydrogen) atoms. The first kappa shape index (κ1) is 68.8. The van der Waals surface area contributed by atoms with E-state index in [0.717, 1.165) is 5.69 Å². The monoisotopic (exact) mass is 1110 g/mol. The lowest BCUT2D eigenvalue weighted by Crippen LogP contribution is -2.12. The Labute approximate surface area is 477 Å². The van der Waals surface area contributed by atoms with Gasteiger partial charge in [0.2, 0.25) is 0 Å². The smallest absolute Gasteiger partial charge is 0.0978 e. The Kier molecular flexibility index (Phi) is 28.6. The van der Waals surface area contributed by atoms with E-state index in [0.29, 0.717) is 10.8 Å². The maximum absolute atomic E-state index is 4.25. The molecule has 0 amide bonds. The molecule has 6 nitrogen and oxygen atoms in total. The third-order valence-electron chi connectivity index (χ3n) is 10.6. The minimum absolute atomic E-state index is 0.182. The SMILES string of the molecule is CC(C)(C)c1ccccn1.CC(C)(C)c1cccnc1.CC(C)(C)c1cccs1.CC(C)(C)c1ccncc1.CC(C)(C)c1ccsc1.CC(C)(C)c1cncs1.CC(C)(C)c1cscn1.CC(C)(C)c1nccs1. The number of thiazole rings is 3. The molecule has 0 aromatic carbocycles. The summed E-state index contributed by atoms with van der Waals surface area (Å²) in [5, 5.41) is 11.8. The number of aromatic nitrogens is 6. The van der Waals surface area contributed by atoms with E-state index < -0.39 is 0 Å². The second-order valence-electron chi connectivity index (χ2n) is 26.3. The lowest BCUT2D eigenvalue weighted by atomic mass is 9.88. The Morgan fingerprint density at radius 3 is 1.16 bits per heavy atom. The number of rotatable bonds is 0. The summed E-state index contributed by atoms with van der Waals surface area (Å²) in [5.74, 6) is 0. The van der Waals surface area contributed by atoms with Gasteiger partial charge in [0.25, 0.3) is 0 Å². The van der Waals surface area contributed by atoms with Gasteiger partial charge in [0.05, 0.1) is 21.7 Å². The minimum atomic E-state index is 0.182. The fraction of sp³-hybridized carbons (Fsp3) is 0.500. The van der Waals surface area contributed by atoms with Crippen molar-refractivity contribution < 1.29 is 0 Å². The normalized spacial score (nSPS) is 11.7. The van der Waals surface area contributed by atoms with Crippen molar-refractivity contribution in [1.29, 1.82) is 0 Å². The van der Waals surface area contributed by atoms with Crippen LogP contribution in [0.4, 0.5) is 0 Å². The molecule has 0 aliphatic heterocycles. The molecule has 8 aromatic rings. The van der Waals surface area contributed by atoms with Crippen molar-refractivity contribution in [1.82, 2.24) is 29.9 Å². The van der Waals surface area contributed by atoms with Crippen molar-refractivity contribution >= 4 is 56.7 Å². The molecule has 0 spiro atoms. The Morgan fingerprint density at radius 1 is 0.307 bits per heavy atom. The van der Waals surface area contributed by atoms with E-state index in [1.54, 1.807) is 51.5 Å². The summed E-state index contributed by atoms with van der Waals surface area (Å²) in [4.78, 5) is 27.5. The van der Waals surface area contributed by atoms with Crippen molar-refractivity contribution in [2.75, 3.05) is 0 Å². The van der Waals surface area contributed by atoms with Gasteiger partial charge in [-0.25, -0.2) is 9.97 Å². The van der Waals surface area contributed by atoms with Crippen LogP contribution in [-0.2, 0) is 43.3 Å². The van der Waals surface area contributed by atoms with Crippen LogP contribution < -0.4 is 0 Å². The van der Waals surface area contributed by atoms with Crippen LogP contribution in [0.25, 0.3) is 0 Å². The number of thiophene rings is 2. The summed E-state index contributed by atoms with van der Waals surface area (Å²) in [6.07, 6.45) is 13.0. The first-order valence-corrected chi connectivity index (χ1v) is 30.3. The van der Waals surface area contributed by atoms with Gasteiger partial charge in [-0.05, 0) is 102 Å². The Balaban J connectivity index is 0.000000429. The van der Waals surface area contributed by atoms with E-state index in [9.17, 15) is 0 Å². The summed E-state index contributed by atoms with van der Waals surface area (Å²) in [6, 6.07) is 20.7. The molecule has 11 heteroatoms. The Bertz CT molecular complexity index is 2180. The maximum atomic E-state index is 4.25. The molecule has 0 fully saturated rings. The van der Waals surface area contributed by atoms with Crippen molar-refractivity contribution in [3.05, 3.63) is 185 Å². The van der Waals surface area contributed by atoms with Gasteiger partial charge in [-0.1, -0.05) is 184 Å². The summed E-state index contributed by atoms with van der Waals surface area (Å²) in [6.45, 7) is 52.6. The molecule has 0 saturated carbocycles. The lowest BCUT2D eigenvalue weighted by Gasteiger charge is -2.17. The zero-order valence-corrected chi connectivity index (χ0v) is 54.7. The highest BCUT2D eigenvalue weighted by Gasteiger charge is 2.18. The highest BCUT2D eigenvalue weighted by atomic mass is 32.1. The molecule has 8 heterocycles. The van der Waals surface area contributed by atoms with Crippen LogP contribution in [-0.4, -0.2) is 29.9 Å². The van der Waals surface area contributed by atoms with Gasteiger partial charge in [-0.3, -0.25) is 19.9 Å². The predicted octanol–water partition coefficient (Wildman–Crippen LogP) is 20.6.